The van der Waals surface area contributed by atoms with E-state index in [-0.39, 0.29) is 11.4 Å². The van der Waals surface area contributed by atoms with E-state index in [2.05, 4.69) is 9.97 Å². The molecule has 0 amide bonds. The lowest BCUT2D eigenvalue weighted by atomic mass is 10.1. The van der Waals surface area contributed by atoms with Crippen LogP contribution in [0.1, 0.15) is 11.4 Å². The van der Waals surface area contributed by atoms with Crippen LogP contribution in [0.5, 0.6) is 5.75 Å². The number of aromatic nitrogens is 2. The highest BCUT2D eigenvalue weighted by atomic mass is 16.3. The van der Waals surface area contributed by atoms with Gasteiger partial charge in [-0.15, -0.1) is 0 Å². The van der Waals surface area contributed by atoms with Crippen molar-refractivity contribution >= 4 is 11.4 Å². The van der Waals surface area contributed by atoms with E-state index in [9.17, 15) is 5.11 Å². The molecule has 0 saturated carbocycles. The normalized spacial score (nSPS) is 10.4. The number of phenols is 1. The van der Waals surface area contributed by atoms with Crippen LogP contribution in [0.15, 0.2) is 30.6 Å². The van der Waals surface area contributed by atoms with E-state index in [0.29, 0.717) is 18.5 Å². The lowest BCUT2D eigenvalue weighted by molar-refractivity contribution is 0.478. The Morgan fingerprint density at radius 1 is 1.00 bits per heavy atom. The predicted molar refractivity (Wildman–Crippen MR) is 66.4 cm³/mol. The third-order valence-electron chi connectivity index (χ3n) is 2.59. The van der Waals surface area contributed by atoms with Gasteiger partial charge >= 0.3 is 0 Å². The van der Waals surface area contributed by atoms with Gasteiger partial charge < -0.3 is 16.6 Å². The summed E-state index contributed by atoms with van der Waals surface area (Å²) in [7, 11) is 0. The highest BCUT2D eigenvalue weighted by Gasteiger charge is 2.07. The molecular weight excluding hydrogens is 216 g/mol. The summed E-state index contributed by atoms with van der Waals surface area (Å²) in [6, 6.07) is 5.09. The molecule has 0 aliphatic heterocycles. The molecule has 5 heteroatoms. The Labute approximate surface area is 99.1 Å². The van der Waals surface area contributed by atoms with Gasteiger partial charge in [-0.05, 0) is 24.1 Å². The lowest BCUT2D eigenvalue weighted by Crippen LogP contribution is -2.03. The van der Waals surface area contributed by atoms with Crippen molar-refractivity contribution in [1.29, 1.82) is 0 Å². The van der Waals surface area contributed by atoms with Crippen LogP contribution in [0.25, 0.3) is 0 Å². The number of nitrogen functional groups attached to an aromatic ring is 2. The number of nitrogens with zero attached hydrogens (tertiary/aromatic N) is 2. The summed E-state index contributed by atoms with van der Waals surface area (Å²) in [6.45, 7) is 0. The zero-order chi connectivity index (χ0) is 12.3. The third-order valence-corrected chi connectivity index (χ3v) is 2.59. The molecule has 2 rings (SSSR count). The quantitative estimate of drug-likeness (QED) is 0.542. The predicted octanol–water partition coefficient (Wildman–Crippen LogP) is 1.13. The largest absolute Gasteiger partial charge is 0.506 e. The first kappa shape index (κ1) is 11.2. The summed E-state index contributed by atoms with van der Waals surface area (Å²) in [5.74, 6) is 0.778. The molecule has 0 aliphatic carbocycles. The molecule has 0 bridgehead atoms. The standard InChI is InChI=1S/C12H14N4O/c13-11-8(2-4-9(17)12(11)14)3-5-10-15-6-1-7-16-10/h1-2,4,6-7,17H,3,5,13-14H2. The summed E-state index contributed by atoms with van der Waals surface area (Å²) in [5, 5.41) is 9.38. The Balaban J connectivity index is 2.13. The summed E-state index contributed by atoms with van der Waals surface area (Å²) in [6.07, 6.45) is 4.79. The molecule has 1 heterocycles. The Hall–Kier alpha value is -2.30. The number of nitrogens with two attached hydrogens (primary N) is 2. The molecule has 1 aromatic carbocycles. The van der Waals surface area contributed by atoms with E-state index in [1.54, 1.807) is 30.6 Å². The molecule has 0 saturated heterocycles. The van der Waals surface area contributed by atoms with Crippen molar-refractivity contribution in [3.63, 3.8) is 0 Å². The second-order valence-corrected chi connectivity index (χ2v) is 3.74. The fourth-order valence-corrected chi connectivity index (χ4v) is 1.59. The van der Waals surface area contributed by atoms with Crippen molar-refractivity contribution in [2.45, 2.75) is 12.8 Å². The Kier molecular flexibility index (Phi) is 3.09. The summed E-state index contributed by atoms with van der Waals surface area (Å²) in [5.41, 5.74) is 13.0. The molecule has 1 aromatic heterocycles. The maximum absolute atomic E-state index is 9.38. The molecule has 5 nitrogen and oxygen atoms in total. The minimum atomic E-state index is 0.0159. The van der Waals surface area contributed by atoms with Gasteiger partial charge in [0.05, 0.1) is 11.4 Å². The number of aromatic hydroxyl groups is 1. The Bertz CT molecular complexity index is 513. The average Bonchev–Trinajstić information content (AvgIpc) is 2.36. The molecular formula is C12H14N4O. The van der Waals surface area contributed by atoms with Gasteiger partial charge in [0.1, 0.15) is 11.6 Å². The van der Waals surface area contributed by atoms with Crippen molar-refractivity contribution in [3.8, 4) is 5.75 Å². The van der Waals surface area contributed by atoms with Crippen LogP contribution in [0.3, 0.4) is 0 Å². The van der Waals surface area contributed by atoms with E-state index in [1.807, 2.05) is 0 Å². The number of benzene rings is 1. The first-order valence-corrected chi connectivity index (χ1v) is 5.30. The molecule has 17 heavy (non-hydrogen) atoms. The minimum Gasteiger partial charge on any atom is -0.506 e. The number of anilines is 2. The third kappa shape index (κ3) is 2.44. The van der Waals surface area contributed by atoms with Crippen LogP contribution >= 0.6 is 0 Å². The summed E-state index contributed by atoms with van der Waals surface area (Å²) >= 11 is 0. The van der Waals surface area contributed by atoms with Gasteiger partial charge in [0, 0.05) is 18.8 Å². The van der Waals surface area contributed by atoms with Gasteiger partial charge in [-0.2, -0.15) is 0 Å². The fraction of sp³-hybridized carbons (Fsp3) is 0.167. The van der Waals surface area contributed by atoms with Gasteiger partial charge in [0.25, 0.3) is 0 Å². The van der Waals surface area contributed by atoms with E-state index < -0.39 is 0 Å². The molecule has 5 N–H and O–H groups in total. The highest BCUT2D eigenvalue weighted by molar-refractivity contribution is 5.73. The van der Waals surface area contributed by atoms with Gasteiger partial charge in [0.2, 0.25) is 0 Å². The van der Waals surface area contributed by atoms with E-state index >= 15 is 0 Å². The van der Waals surface area contributed by atoms with Crippen molar-refractivity contribution in [2.75, 3.05) is 11.5 Å². The Morgan fingerprint density at radius 2 is 1.71 bits per heavy atom. The maximum atomic E-state index is 9.38. The second kappa shape index (κ2) is 4.69. The monoisotopic (exact) mass is 230 g/mol. The zero-order valence-corrected chi connectivity index (χ0v) is 9.30. The van der Waals surface area contributed by atoms with Crippen LogP contribution in [0.2, 0.25) is 0 Å². The minimum absolute atomic E-state index is 0.0159. The number of hydrogen-bond acceptors (Lipinski definition) is 5. The molecule has 0 unspecified atom stereocenters. The zero-order valence-electron chi connectivity index (χ0n) is 9.30. The number of aryl methyl sites for hydroxylation is 2. The summed E-state index contributed by atoms with van der Waals surface area (Å²) in [4.78, 5) is 8.26. The van der Waals surface area contributed by atoms with E-state index in [0.717, 1.165) is 11.4 Å². The van der Waals surface area contributed by atoms with Crippen molar-refractivity contribution < 1.29 is 5.11 Å². The van der Waals surface area contributed by atoms with Crippen LogP contribution in [-0.4, -0.2) is 15.1 Å². The SMILES string of the molecule is Nc1c(O)ccc(CCc2ncccn2)c1N. The first-order valence-electron chi connectivity index (χ1n) is 5.30. The van der Waals surface area contributed by atoms with Crippen molar-refractivity contribution in [1.82, 2.24) is 9.97 Å². The maximum Gasteiger partial charge on any atom is 0.140 e. The van der Waals surface area contributed by atoms with Gasteiger partial charge in [-0.25, -0.2) is 9.97 Å². The average molecular weight is 230 g/mol. The lowest BCUT2D eigenvalue weighted by Gasteiger charge is -2.09. The van der Waals surface area contributed by atoms with Gasteiger partial charge in [0.15, 0.2) is 0 Å². The smallest absolute Gasteiger partial charge is 0.140 e. The molecule has 2 aromatic rings. The van der Waals surface area contributed by atoms with Crippen LogP contribution < -0.4 is 11.5 Å². The second-order valence-electron chi connectivity index (χ2n) is 3.74. The van der Waals surface area contributed by atoms with Gasteiger partial charge in [-0.1, -0.05) is 6.07 Å². The fourth-order valence-electron chi connectivity index (χ4n) is 1.59. The van der Waals surface area contributed by atoms with Gasteiger partial charge in [-0.3, -0.25) is 0 Å². The molecule has 0 atom stereocenters. The van der Waals surface area contributed by atoms with Crippen LogP contribution in [-0.2, 0) is 12.8 Å². The number of phenolic OH excluding ortho intramolecular Hbond substituents is 1. The molecule has 0 aliphatic rings. The van der Waals surface area contributed by atoms with Crippen LogP contribution in [0, 0.1) is 0 Å². The van der Waals surface area contributed by atoms with E-state index in [4.69, 9.17) is 11.5 Å². The van der Waals surface area contributed by atoms with Crippen LogP contribution in [0.4, 0.5) is 11.4 Å². The highest BCUT2D eigenvalue weighted by Crippen LogP contribution is 2.29. The molecule has 0 fully saturated rings. The van der Waals surface area contributed by atoms with E-state index in [1.165, 1.54) is 0 Å². The number of hydrogen-bond donors (Lipinski definition) is 3. The molecule has 0 spiro atoms. The van der Waals surface area contributed by atoms with Crippen molar-refractivity contribution in [2.24, 2.45) is 0 Å². The topological polar surface area (TPSA) is 98.0 Å². The molecule has 88 valence electrons. The molecule has 0 radical (unpaired) electrons. The number of rotatable bonds is 3. The first-order chi connectivity index (χ1) is 8.18. The van der Waals surface area contributed by atoms with Crippen molar-refractivity contribution in [3.05, 3.63) is 42.0 Å². The Morgan fingerprint density at radius 3 is 2.41 bits per heavy atom. The summed E-state index contributed by atoms with van der Waals surface area (Å²) < 4.78 is 0.